The van der Waals surface area contributed by atoms with Gasteiger partial charge in [0, 0.05) is 20.1 Å². The number of hydrogen-bond donors (Lipinski definition) is 2. The van der Waals surface area contributed by atoms with Crippen molar-refractivity contribution in [3.8, 4) is 0 Å². The van der Waals surface area contributed by atoms with Crippen LogP contribution in [0.1, 0.15) is 53.6 Å². The zero-order valence-electron chi connectivity index (χ0n) is 16.9. The SMILES string of the molecule is CCOC(=O)c1sc(C(C)NC(=NC)NCC2CCN(CC)C2)nc1C.I. The lowest BCUT2D eigenvalue weighted by Gasteiger charge is -2.18. The number of ether oxygens (including phenoxy) is 1. The Morgan fingerprint density at radius 3 is 2.81 bits per heavy atom. The molecular weight excluding hydrogens is 477 g/mol. The summed E-state index contributed by atoms with van der Waals surface area (Å²) in [4.78, 5) is 23.9. The van der Waals surface area contributed by atoms with Gasteiger partial charge < -0.3 is 20.3 Å². The summed E-state index contributed by atoms with van der Waals surface area (Å²) in [7, 11) is 1.77. The lowest BCUT2D eigenvalue weighted by atomic mass is 10.1. The summed E-state index contributed by atoms with van der Waals surface area (Å²) in [6, 6.07) is -0.0382. The van der Waals surface area contributed by atoms with Crippen molar-refractivity contribution in [2.24, 2.45) is 10.9 Å². The third-order valence-corrected chi connectivity index (χ3v) is 5.92. The number of halogens is 1. The predicted molar refractivity (Wildman–Crippen MR) is 121 cm³/mol. The Morgan fingerprint density at radius 1 is 1.48 bits per heavy atom. The van der Waals surface area contributed by atoms with E-state index in [9.17, 15) is 4.79 Å². The summed E-state index contributed by atoms with van der Waals surface area (Å²) in [5.74, 6) is 1.12. The Hall–Kier alpha value is -0.940. The van der Waals surface area contributed by atoms with Crippen molar-refractivity contribution in [3.63, 3.8) is 0 Å². The molecule has 2 rings (SSSR count). The lowest BCUT2D eigenvalue weighted by molar-refractivity contribution is 0.0531. The predicted octanol–water partition coefficient (Wildman–Crippen LogP) is 2.81. The first kappa shape index (κ1) is 24.1. The van der Waals surface area contributed by atoms with E-state index in [2.05, 4.69) is 32.4 Å². The standard InChI is InChI=1S/C18H31N5O2S.HI/c1-6-23-9-8-14(11-23)10-20-18(19-5)22-13(4)16-21-12(3)15(26-16)17(24)25-7-2;/h13-14H,6-11H2,1-5H3,(H2,19,20,22);1H. The zero-order valence-corrected chi connectivity index (χ0v) is 20.0. The summed E-state index contributed by atoms with van der Waals surface area (Å²) in [5.41, 5.74) is 0.714. The Bertz CT molecular complexity index is 637. The van der Waals surface area contributed by atoms with Gasteiger partial charge in [-0.05, 0) is 46.2 Å². The molecule has 0 aliphatic carbocycles. The molecule has 0 bridgehead atoms. The number of esters is 1. The molecule has 0 saturated carbocycles. The molecule has 2 heterocycles. The van der Waals surface area contributed by atoms with Crippen LogP contribution in [0.15, 0.2) is 4.99 Å². The Morgan fingerprint density at radius 2 is 2.22 bits per heavy atom. The van der Waals surface area contributed by atoms with Crippen molar-refractivity contribution >= 4 is 47.2 Å². The average molecular weight is 509 g/mol. The molecule has 0 aromatic carbocycles. The van der Waals surface area contributed by atoms with Gasteiger partial charge >= 0.3 is 5.97 Å². The fourth-order valence-electron chi connectivity index (χ4n) is 3.06. The third-order valence-electron chi connectivity index (χ3n) is 4.60. The van der Waals surface area contributed by atoms with E-state index in [-0.39, 0.29) is 36.0 Å². The maximum Gasteiger partial charge on any atom is 0.350 e. The molecule has 1 aliphatic rings. The van der Waals surface area contributed by atoms with E-state index in [1.54, 1.807) is 14.0 Å². The number of carbonyl (C=O) groups excluding carboxylic acids is 1. The van der Waals surface area contributed by atoms with Crippen LogP contribution in [0.3, 0.4) is 0 Å². The fraction of sp³-hybridized carbons (Fsp3) is 0.722. The number of nitrogens with one attached hydrogen (secondary N) is 2. The second-order valence-corrected chi connectivity index (χ2v) is 7.58. The van der Waals surface area contributed by atoms with Gasteiger partial charge in [0.2, 0.25) is 0 Å². The highest BCUT2D eigenvalue weighted by Crippen LogP contribution is 2.24. The number of aryl methyl sites for hydroxylation is 1. The van der Waals surface area contributed by atoms with Crippen molar-refractivity contribution in [1.29, 1.82) is 0 Å². The molecule has 2 atom stereocenters. The van der Waals surface area contributed by atoms with Gasteiger partial charge in [0.15, 0.2) is 5.96 Å². The number of guanidine groups is 1. The van der Waals surface area contributed by atoms with Crippen molar-refractivity contribution in [1.82, 2.24) is 20.5 Å². The molecule has 1 aliphatic heterocycles. The van der Waals surface area contributed by atoms with E-state index in [4.69, 9.17) is 4.74 Å². The van der Waals surface area contributed by atoms with Crippen LogP contribution < -0.4 is 10.6 Å². The van der Waals surface area contributed by atoms with Crippen molar-refractivity contribution in [3.05, 3.63) is 15.6 Å². The largest absolute Gasteiger partial charge is 0.462 e. The molecule has 154 valence electrons. The molecular formula is C18H32IN5O2S. The van der Waals surface area contributed by atoms with Crippen LogP contribution >= 0.6 is 35.3 Å². The number of hydrogen-bond acceptors (Lipinski definition) is 6. The topological polar surface area (TPSA) is 78.8 Å². The van der Waals surface area contributed by atoms with Crippen molar-refractivity contribution < 1.29 is 9.53 Å². The summed E-state index contributed by atoms with van der Waals surface area (Å²) >= 11 is 1.38. The van der Waals surface area contributed by atoms with Crippen molar-refractivity contribution in [2.75, 3.05) is 39.8 Å². The van der Waals surface area contributed by atoms with Gasteiger partial charge in [-0.2, -0.15) is 0 Å². The third kappa shape index (κ3) is 6.86. The van der Waals surface area contributed by atoms with Gasteiger partial charge in [-0.3, -0.25) is 4.99 Å². The van der Waals surface area contributed by atoms with Gasteiger partial charge in [-0.1, -0.05) is 6.92 Å². The number of likely N-dealkylation sites (tertiary alicyclic amines) is 1. The second kappa shape index (κ2) is 11.8. The Labute approximate surface area is 183 Å². The van der Waals surface area contributed by atoms with Gasteiger partial charge in [-0.25, -0.2) is 9.78 Å². The highest BCUT2D eigenvalue weighted by Gasteiger charge is 2.22. The smallest absolute Gasteiger partial charge is 0.350 e. The van der Waals surface area contributed by atoms with Crippen molar-refractivity contribution in [2.45, 2.75) is 40.2 Å². The maximum absolute atomic E-state index is 12.0. The lowest BCUT2D eigenvalue weighted by Crippen LogP contribution is -2.41. The summed E-state index contributed by atoms with van der Waals surface area (Å²) < 4.78 is 5.09. The van der Waals surface area contributed by atoms with Gasteiger partial charge in [0.05, 0.1) is 18.3 Å². The van der Waals surface area contributed by atoms with Crippen LogP contribution in [0.2, 0.25) is 0 Å². The molecule has 0 amide bonds. The zero-order chi connectivity index (χ0) is 19.1. The second-order valence-electron chi connectivity index (χ2n) is 6.55. The normalized spacial score (nSPS) is 18.7. The number of nitrogens with zero attached hydrogens (tertiary/aromatic N) is 3. The average Bonchev–Trinajstić information content (AvgIpc) is 3.25. The molecule has 2 N–H and O–H groups in total. The van der Waals surface area contributed by atoms with Gasteiger partial charge in [-0.15, -0.1) is 35.3 Å². The molecule has 7 nitrogen and oxygen atoms in total. The fourth-order valence-corrected chi connectivity index (χ4v) is 4.02. The minimum Gasteiger partial charge on any atom is -0.462 e. The Balaban J connectivity index is 0.00000364. The van der Waals surface area contributed by atoms with E-state index in [1.165, 1.54) is 24.3 Å². The maximum atomic E-state index is 12.0. The molecule has 1 aromatic heterocycles. The van der Waals surface area contributed by atoms with Crippen LogP contribution in [0.5, 0.6) is 0 Å². The van der Waals surface area contributed by atoms with Crippen LogP contribution in [0.4, 0.5) is 0 Å². The molecule has 1 aromatic rings. The first-order valence-electron chi connectivity index (χ1n) is 9.32. The highest BCUT2D eigenvalue weighted by atomic mass is 127. The first-order valence-corrected chi connectivity index (χ1v) is 10.1. The highest BCUT2D eigenvalue weighted by molar-refractivity contribution is 14.0. The van der Waals surface area contributed by atoms with Gasteiger partial charge in [0.25, 0.3) is 0 Å². The molecule has 1 fully saturated rings. The molecule has 0 radical (unpaired) electrons. The molecule has 0 spiro atoms. The first-order chi connectivity index (χ1) is 12.5. The minimum absolute atomic E-state index is 0. The van der Waals surface area contributed by atoms with E-state index in [0.29, 0.717) is 23.1 Å². The summed E-state index contributed by atoms with van der Waals surface area (Å²) in [6.45, 7) is 12.6. The molecule has 1 saturated heterocycles. The van der Waals surface area contributed by atoms with Crippen LogP contribution in [0, 0.1) is 12.8 Å². The van der Waals surface area contributed by atoms with Gasteiger partial charge in [0.1, 0.15) is 9.88 Å². The number of rotatable bonds is 7. The van der Waals surface area contributed by atoms with E-state index in [0.717, 1.165) is 30.6 Å². The molecule has 27 heavy (non-hydrogen) atoms. The van der Waals surface area contributed by atoms with E-state index >= 15 is 0 Å². The summed E-state index contributed by atoms with van der Waals surface area (Å²) in [5, 5.41) is 7.64. The number of carbonyl (C=O) groups is 1. The molecule has 9 heteroatoms. The van der Waals surface area contributed by atoms with Crippen LogP contribution in [0.25, 0.3) is 0 Å². The number of aromatic nitrogens is 1. The minimum atomic E-state index is -0.301. The van der Waals surface area contributed by atoms with Crippen LogP contribution in [-0.2, 0) is 4.74 Å². The van der Waals surface area contributed by atoms with Crippen LogP contribution in [-0.4, -0.2) is 61.6 Å². The van der Waals surface area contributed by atoms with E-state index < -0.39 is 0 Å². The number of aliphatic imine (C=N–C) groups is 1. The Kier molecular flexibility index (Phi) is 10.5. The quantitative estimate of drug-likeness (QED) is 0.255. The number of thiazole rings is 1. The monoisotopic (exact) mass is 509 g/mol. The molecule has 2 unspecified atom stereocenters. The summed E-state index contributed by atoms with van der Waals surface area (Å²) in [6.07, 6.45) is 1.22. The van der Waals surface area contributed by atoms with E-state index in [1.807, 2.05) is 13.8 Å².